The fourth-order valence-electron chi connectivity index (χ4n) is 2.50. The van der Waals surface area contributed by atoms with Crippen molar-refractivity contribution in [2.24, 2.45) is 0 Å². The molecule has 1 amide bonds. The molecule has 0 bridgehead atoms. The van der Waals surface area contributed by atoms with Gasteiger partial charge in [0.05, 0.1) is 10.6 Å². The number of carbonyl (C=O) groups excluding carboxylic acids is 1. The van der Waals surface area contributed by atoms with E-state index in [9.17, 15) is 17.6 Å². The largest absolute Gasteiger partial charge is 0.347 e. The van der Waals surface area contributed by atoms with Crippen LogP contribution in [-0.2, 0) is 16.6 Å². The lowest BCUT2D eigenvalue weighted by Crippen LogP contribution is -2.29. The van der Waals surface area contributed by atoms with E-state index in [-0.39, 0.29) is 22.0 Å². The maximum Gasteiger partial charge on any atom is 0.264 e. The molecule has 2 aromatic carbocycles. The molecule has 1 aromatic heterocycles. The highest BCUT2D eigenvalue weighted by Crippen LogP contribution is 2.29. The normalized spacial score (nSPS) is 11.2. The number of anilines is 1. The molecule has 140 valence electrons. The van der Waals surface area contributed by atoms with Crippen molar-refractivity contribution >= 4 is 33.0 Å². The van der Waals surface area contributed by atoms with E-state index in [1.54, 1.807) is 47.8 Å². The number of carbonyl (C=O) groups is 1. The zero-order chi connectivity index (χ0) is 19.4. The lowest BCUT2D eigenvalue weighted by Gasteiger charge is -2.19. The monoisotopic (exact) mass is 404 g/mol. The predicted molar refractivity (Wildman–Crippen MR) is 104 cm³/mol. The summed E-state index contributed by atoms with van der Waals surface area (Å²) in [5, 5.41) is 4.28. The molecule has 0 radical (unpaired) electrons. The van der Waals surface area contributed by atoms with Gasteiger partial charge < -0.3 is 5.32 Å². The smallest absolute Gasteiger partial charge is 0.264 e. The van der Waals surface area contributed by atoms with Crippen molar-refractivity contribution in [2.75, 3.05) is 11.4 Å². The van der Waals surface area contributed by atoms with Crippen molar-refractivity contribution in [3.63, 3.8) is 0 Å². The van der Waals surface area contributed by atoms with Gasteiger partial charge in [-0.1, -0.05) is 36.4 Å². The summed E-state index contributed by atoms with van der Waals surface area (Å²) in [6.07, 6.45) is 0. The summed E-state index contributed by atoms with van der Waals surface area (Å²) in [6, 6.07) is 15.7. The van der Waals surface area contributed by atoms with Crippen LogP contribution in [0.15, 0.2) is 70.9 Å². The Balaban J connectivity index is 1.81. The van der Waals surface area contributed by atoms with Gasteiger partial charge in [-0.2, -0.15) is 0 Å². The highest BCUT2D eigenvalue weighted by molar-refractivity contribution is 7.92. The summed E-state index contributed by atoms with van der Waals surface area (Å²) in [6.45, 7) is 0.0119. The second kappa shape index (κ2) is 7.89. The third kappa shape index (κ3) is 4.01. The van der Waals surface area contributed by atoms with E-state index in [1.807, 2.05) is 0 Å². The number of benzene rings is 2. The maximum absolute atomic E-state index is 13.7. The number of nitrogens with zero attached hydrogens (tertiary/aromatic N) is 1. The first-order chi connectivity index (χ1) is 12.9. The van der Waals surface area contributed by atoms with Gasteiger partial charge in [-0.15, -0.1) is 11.3 Å². The van der Waals surface area contributed by atoms with Crippen LogP contribution in [0.1, 0.15) is 15.2 Å². The molecule has 0 aliphatic carbocycles. The highest BCUT2D eigenvalue weighted by atomic mass is 32.2. The van der Waals surface area contributed by atoms with Crippen LogP contribution in [0.5, 0.6) is 0 Å². The van der Waals surface area contributed by atoms with Gasteiger partial charge in [0.2, 0.25) is 0 Å². The standard InChI is InChI=1S/C19H17FN2O3S2/c1-22(27(24,25)15-8-3-2-4-9-15)17-11-12-26-18(17)19(23)21-13-14-7-5-6-10-16(14)20/h2-12H,13H2,1H3,(H,21,23). The number of amides is 1. The number of rotatable bonds is 6. The number of hydrogen-bond acceptors (Lipinski definition) is 4. The minimum atomic E-state index is -3.79. The molecule has 3 aromatic rings. The fourth-order valence-corrected chi connectivity index (χ4v) is 4.62. The fraction of sp³-hybridized carbons (Fsp3) is 0.105. The molecule has 0 spiro atoms. The molecule has 0 saturated heterocycles. The second-order valence-electron chi connectivity index (χ2n) is 5.69. The molecule has 0 saturated carbocycles. The number of halogens is 1. The Kier molecular flexibility index (Phi) is 5.57. The molecular formula is C19H17FN2O3S2. The van der Waals surface area contributed by atoms with Crippen molar-refractivity contribution in [3.05, 3.63) is 82.3 Å². The second-order valence-corrected chi connectivity index (χ2v) is 8.58. The quantitative estimate of drug-likeness (QED) is 0.682. The van der Waals surface area contributed by atoms with E-state index in [2.05, 4.69) is 5.32 Å². The summed E-state index contributed by atoms with van der Waals surface area (Å²) < 4.78 is 40.3. The Morgan fingerprint density at radius 2 is 1.74 bits per heavy atom. The van der Waals surface area contributed by atoms with Gasteiger partial charge in [0, 0.05) is 19.2 Å². The first kappa shape index (κ1) is 19.1. The van der Waals surface area contributed by atoms with Gasteiger partial charge in [0.1, 0.15) is 10.7 Å². The number of sulfonamides is 1. The summed E-state index contributed by atoms with van der Waals surface area (Å²) in [4.78, 5) is 12.9. The summed E-state index contributed by atoms with van der Waals surface area (Å²) in [5.41, 5.74) is 0.629. The van der Waals surface area contributed by atoms with Crippen LogP contribution in [0.25, 0.3) is 0 Å². The Labute approximate surface area is 161 Å². The van der Waals surface area contributed by atoms with Crippen LogP contribution in [0.3, 0.4) is 0 Å². The molecule has 1 N–H and O–H groups in total. The zero-order valence-electron chi connectivity index (χ0n) is 14.4. The minimum absolute atomic E-state index is 0.0119. The molecule has 0 unspecified atom stereocenters. The molecule has 8 heteroatoms. The first-order valence-corrected chi connectivity index (χ1v) is 10.4. The van der Waals surface area contributed by atoms with Crippen molar-refractivity contribution in [2.45, 2.75) is 11.4 Å². The highest BCUT2D eigenvalue weighted by Gasteiger charge is 2.26. The van der Waals surface area contributed by atoms with E-state index < -0.39 is 21.7 Å². The van der Waals surface area contributed by atoms with Gasteiger partial charge in [0.25, 0.3) is 15.9 Å². The number of nitrogens with one attached hydrogen (secondary N) is 1. The number of thiophene rings is 1. The van der Waals surface area contributed by atoms with Gasteiger partial charge in [0.15, 0.2) is 0 Å². The van der Waals surface area contributed by atoms with Crippen LogP contribution in [0, 0.1) is 5.82 Å². The Morgan fingerprint density at radius 1 is 1.07 bits per heavy atom. The van der Waals surface area contributed by atoms with Crippen LogP contribution >= 0.6 is 11.3 Å². The molecule has 3 rings (SSSR count). The third-order valence-corrected chi connectivity index (χ3v) is 6.68. The SMILES string of the molecule is CN(c1ccsc1C(=O)NCc1ccccc1F)S(=O)(=O)c1ccccc1. The van der Waals surface area contributed by atoms with E-state index >= 15 is 0 Å². The Morgan fingerprint density at radius 3 is 2.44 bits per heavy atom. The van der Waals surface area contributed by atoms with Gasteiger partial charge in [-0.3, -0.25) is 9.10 Å². The molecule has 27 heavy (non-hydrogen) atoms. The van der Waals surface area contributed by atoms with E-state index in [0.717, 1.165) is 15.6 Å². The molecule has 0 aliphatic rings. The van der Waals surface area contributed by atoms with Crippen molar-refractivity contribution in [1.82, 2.24) is 5.32 Å². The Bertz CT molecular complexity index is 1050. The zero-order valence-corrected chi connectivity index (χ0v) is 16.1. The first-order valence-electron chi connectivity index (χ1n) is 8.04. The average Bonchev–Trinajstić information content (AvgIpc) is 3.17. The summed E-state index contributed by atoms with van der Waals surface area (Å²) >= 11 is 1.12. The van der Waals surface area contributed by atoms with Crippen molar-refractivity contribution < 1.29 is 17.6 Å². The van der Waals surface area contributed by atoms with Gasteiger partial charge in [-0.25, -0.2) is 12.8 Å². The molecule has 1 heterocycles. The summed E-state index contributed by atoms with van der Waals surface area (Å²) in [7, 11) is -2.39. The summed E-state index contributed by atoms with van der Waals surface area (Å²) in [5.74, 6) is -0.869. The molecular weight excluding hydrogens is 387 g/mol. The number of hydrogen-bond donors (Lipinski definition) is 1. The minimum Gasteiger partial charge on any atom is -0.347 e. The van der Waals surface area contributed by atoms with Crippen LogP contribution in [0.2, 0.25) is 0 Å². The van der Waals surface area contributed by atoms with E-state index in [1.165, 1.54) is 25.2 Å². The maximum atomic E-state index is 13.7. The van der Waals surface area contributed by atoms with Gasteiger partial charge in [-0.05, 0) is 29.6 Å². The lowest BCUT2D eigenvalue weighted by molar-refractivity contribution is 0.0955. The lowest BCUT2D eigenvalue weighted by atomic mass is 10.2. The van der Waals surface area contributed by atoms with Crippen molar-refractivity contribution in [3.8, 4) is 0 Å². The molecule has 0 aliphatic heterocycles. The predicted octanol–water partition coefficient (Wildman–Crippen LogP) is 3.64. The van der Waals surface area contributed by atoms with Crippen LogP contribution < -0.4 is 9.62 Å². The van der Waals surface area contributed by atoms with E-state index in [4.69, 9.17) is 0 Å². The third-order valence-electron chi connectivity index (χ3n) is 3.99. The Hall–Kier alpha value is -2.71. The van der Waals surface area contributed by atoms with E-state index in [0.29, 0.717) is 5.56 Å². The average molecular weight is 404 g/mol. The van der Waals surface area contributed by atoms with Gasteiger partial charge >= 0.3 is 0 Å². The van der Waals surface area contributed by atoms with Crippen LogP contribution in [0.4, 0.5) is 10.1 Å². The topological polar surface area (TPSA) is 66.5 Å². The molecule has 0 fully saturated rings. The van der Waals surface area contributed by atoms with Crippen molar-refractivity contribution in [1.29, 1.82) is 0 Å². The molecule has 5 nitrogen and oxygen atoms in total. The molecule has 0 atom stereocenters. The van der Waals surface area contributed by atoms with Crippen LogP contribution in [-0.4, -0.2) is 21.4 Å².